The lowest BCUT2D eigenvalue weighted by atomic mass is 9.43. The van der Waals surface area contributed by atoms with Crippen molar-refractivity contribution in [1.82, 2.24) is 0 Å². The van der Waals surface area contributed by atoms with Gasteiger partial charge in [-0.15, -0.1) is 0 Å². The first-order chi connectivity index (χ1) is 16.5. The van der Waals surface area contributed by atoms with Gasteiger partial charge in [-0.25, -0.2) is 0 Å². The lowest BCUT2D eigenvalue weighted by Gasteiger charge is -2.64. The molecule has 10 unspecified atom stereocenters. The molecule has 10 atom stereocenters. The van der Waals surface area contributed by atoms with E-state index >= 15 is 0 Å². The van der Waals surface area contributed by atoms with Gasteiger partial charge in [-0.05, 0) is 80.0 Å². The van der Waals surface area contributed by atoms with Gasteiger partial charge in [0.1, 0.15) is 12.2 Å². The van der Waals surface area contributed by atoms with Crippen LogP contribution in [0.1, 0.15) is 98.8 Å². The second kappa shape index (κ2) is 10.0. The van der Waals surface area contributed by atoms with Crippen molar-refractivity contribution in [3.63, 3.8) is 0 Å². The summed E-state index contributed by atoms with van der Waals surface area (Å²) >= 11 is 0. The molecule has 0 spiro atoms. The number of fused-ring (bicyclic) bond motifs is 5. The van der Waals surface area contributed by atoms with Crippen LogP contribution >= 0.6 is 0 Å². The molecule has 6 heteroatoms. The fraction of sp³-hybridized carbons (Fsp3) is 0.897. The Morgan fingerprint density at radius 3 is 2.31 bits per heavy atom. The van der Waals surface area contributed by atoms with Crippen LogP contribution in [0, 0.1) is 46.3 Å². The highest BCUT2D eigenvalue weighted by atomic mass is 16.6. The standard InChI is InChI=1S/C29H46O6/c1-17(10-15-24(32)33-6)22-13-14-23-21-12-11-20-9-7-8-16-28(20,4)25(21)26(34-18(2)30)27(29(22,23)5)35-19(3)31/h17,20-23,25-27H,7-16H2,1-6H3. The Bertz CT molecular complexity index is 824. The number of hydrogen-bond acceptors (Lipinski definition) is 6. The molecule has 0 amide bonds. The van der Waals surface area contributed by atoms with E-state index in [2.05, 4.69) is 20.8 Å². The quantitative estimate of drug-likeness (QED) is 0.351. The van der Waals surface area contributed by atoms with Gasteiger partial charge in [0, 0.05) is 31.6 Å². The highest BCUT2D eigenvalue weighted by molar-refractivity contribution is 5.69. The van der Waals surface area contributed by atoms with Crippen molar-refractivity contribution >= 4 is 17.9 Å². The average molecular weight is 491 g/mol. The highest BCUT2D eigenvalue weighted by Crippen LogP contribution is 2.69. The van der Waals surface area contributed by atoms with Crippen molar-refractivity contribution in [2.45, 2.75) is 111 Å². The van der Waals surface area contributed by atoms with E-state index in [9.17, 15) is 14.4 Å². The third-order valence-electron chi connectivity index (χ3n) is 11.0. The Kier molecular flexibility index (Phi) is 7.60. The van der Waals surface area contributed by atoms with Crippen molar-refractivity contribution in [2.75, 3.05) is 7.11 Å². The van der Waals surface area contributed by atoms with Gasteiger partial charge in [-0.1, -0.05) is 33.6 Å². The summed E-state index contributed by atoms with van der Waals surface area (Å²) in [4.78, 5) is 36.9. The molecule has 0 aliphatic heterocycles. The molecule has 4 aliphatic carbocycles. The molecule has 0 aromatic rings. The molecule has 0 aromatic carbocycles. The molecule has 0 heterocycles. The van der Waals surface area contributed by atoms with Crippen molar-refractivity contribution in [1.29, 1.82) is 0 Å². The number of carbonyl (C=O) groups is 3. The zero-order valence-corrected chi connectivity index (χ0v) is 22.6. The van der Waals surface area contributed by atoms with E-state index in [0.717, 1.165) is 25.7 Å². The maximum absolute atomic E-state index is 12.5. The minimum atomic E-state index is -0.458. The maximum Gasteiger partial charge on any atom is 0.305 e. The predicted molar refractivity (Wildman–Crippen MR) is 132 cm³/mol. The lowest BCUT2D eigenvalue weighted by molar-refractivity contribution is -0.246. The number of methoxy groups -OCH3 is 1. The average Bonchev–Trinajstić information content (AvgIpc) is 3.16. The van der Waals surface area contributed by atoms with Crippen molar-refractivity contribution < 1.29 is 28.6 Å². The van der Waals surface area contributed by atoms with Crippen LogP contribution < -0.4 is 0 Å². The van der Waals surface area contributed by atoms with Crippen LogP contribution in [0.15, 0.2) is 0 Å². The zero-order chi connectivity index (χ0) is 25.5. The molecule has 0 radical (unpaired) electrons. The van der Waals surface area contributed by atoms with E-state index in [-0.39, 0.29) is 46.5 Å². The Morgan fingerprint density at radius 1 is 0.943 bits per heavy atom. The number of hydrogen-bond donors (Lipinski definition) is 0. The zero-order valence-electron chi connectivity index (χ0n) is 22.6. The van der Waals surface area contributed by atoms with Crippen molar-refractivity contribution in [2.24, 2.45) is 46.3 Å². The summed E-state index contributed by atoms with van der Waals surface area (Å²) < 4.78 is 17.3. The van der Waals surface area contributed by atoms with Crippen LogP contribution in [0.3, 0.4) is 0 Å². The van der Waals surface area contributed by atoms with Gasteiger partial charge < -0.3 is 14.2 Å². The first-order valence-corrected chi connectivity index (χ1v) is 13.9. The summed E-state index contributed by atoms with van der Waals surface area (Å²) in [6.45, 7) is 9.91. The van der Waals surface area contributed by atoms with Crippen LogP contribution in [0.4, 0.5) is 0 Å². The fourth-order valence-electron chi connectivity index (χ4n) is 9.62. The van der Waals surface area contributed by atoms with E-state index < -0.39 is 12.2 Å². The minimum absolute atomic E-state index is 0.107. The highest BCUT2D eigenvalue weighted by Gasteiger charge is 2.69. The Labute approximate surface area is 211 Å². The second-order valence-electron chi connectivity index (χ2n) is 12.6. The van der Waals surface area contributed by atoms with Gasteiger partial charge in [0.15, 0.2) is 0 Å². The Morgan fingerprint density at radius 2 is 1.66 bits per heavy atom. The molecule has 6 nitrogen and oxygen atoms in total. The van der Waals surface area contributed by atoms with E-state index in [1.807, 2.05) is 0 Å². The normalized spacial score (nSPS) is 43.2. The van der Waals surface area contributed by atoms with Crippen LogP contribution in [0.5, 0.6) is 0 Å². The molecule has 0 N–H and O–H groups in total. The van der Waals surface area contributed by atoms with Gasteiger partial charge in [0.05, 0.1) is 7.11 Å². The molecule has 0 bridgehead atoms. The summed E-state index contributed by atoms with van der Waals surface area (Å²) in [6, 6.07) is 0. The largest absolute Gasteiger partial charge is 0.469 e. The molecule has 0 aromatic heterocycles. The molecule has 35 heavy (non-hydrogen) atoms. The van der Waals surface area contributed by atoms with Gasteiger partial charge >= 0.3 is 17.9 Å². The number of ether oxygens (including phenoxy) is 3. The summed E-state index contributed by atoms with van der Waals surface area (Å²) in [5, 5.41) is 0. The van der Waals surface area contributed by atoms with E-state index in [1.165, 1.54) is 53.1 Å². The van der Waals surface area contributed by atoms with E-state index in [0.29, 0.717) is 24.2 Å². The van der Waals surface area contributed by atoms with Crippen molar-refractivity contribution in [3.05, 3.63) is 0 Å². The molecule has 4 rings (SSSR count). The maximum atomic E-state index is 12.5. The van der Waals surface area contributed by atoms with Crippen molar-refractivity contribution in [3.8, 4) is 0 Å². The predicted octanol–water partition coefficient (Wildman–Crippen LogP) is 5.71. The molecule has 4 fully saturated rings. The van der Waals surface area contributed by atoms with Crippen LogP contribution in [-0.2, 0) is 28.6 Å². The smallest absolute Gasteiger partial charge is 0.305 e. The third-order valence-corrected chi connectivity index (χ3v) is 11.0. The lowest BCUT2D eigenvalue weighted by Crippen LogP contribution is -2.66. The fourth-order valence-corrected chi connectivity index (χ4v) is 9.62. The van der Waals surface area contributed by atoms with Crippen LogP contribution in [0.25, 0.3) is 0 Å². The van der Waals surface area contributed by atoms with E-state index in [4.69, 9.17) is 14.2 Å². The third kappa shape index (κ3) is 4.52. The Hall–Kier alpha value is -1.59. The summed E-state index contributed by atoms with van der Waals surface area (Å²) in [5.41, 5.74) is -0.185. The molecule has 4 saturated carbocycles. The summed E-state index contributed by atoms with van der Waals surface area (Å²) in [7, 11) is 1.43. The minimum Gasteiger partial charge on any atom is -0.469 e. The van der Waals surface area contributed by atoms with E-state index in [1.54, 1.807) is 0 Å². The molecular formula is C29H46O6. The first-order valence-electron chi connectivity index (χ1n) is 13.9. The van der Waals surface area contributed by atoms with Gasteiger partial charge in [-0.2, -0.15) is 0 Å². The summed E-state index contributed by atoms with van der Waals surface area (Å²) in [5.74, 6) is 1.55. The molecule has 0 saturated heterocycles. The van der Waals surface area contributed by atoms with Gasteiger partial charge in [0.25, 0.3) is 0 Å². The van der Waals surface area contributed by atoms with Gasteiger partial charge in [0.2, 0.25) is 0 Å². The number of rotatable bonds is 6. The van der Waals surface area contributed by atoms with Gasteiger partial charge in [-0.3, -0.25) is 14.4 Å². The molecule has 198 valence electrons. The summed E-state index contributed by atoms with van der Waals surface area (Å²) in [6.07, 6.45) is 9.75. The molecule has 4 aliphatic rings. The second-order valence-corrected chi connectivity index (χ2v) is 12.6. The first kappa shape index (κ1) is 26.5. The topological polar surface area (TPSA) is 78.9 Å². The van der Waals surface area contributed by atoms with Crippen LogP contribution in [0.2, 0.25) is 0 Å². The SMILES string of the molecule is COC(=O)CCC(C)C1CCC2C3CCC4CCCCC4(C)C3C(OC(C)=O)C(OC(C)=O)C12C. The number of carbonyl (C=O) groups excluding carboxylic acids is 3. The molecular weight excluding hydrogens is 444 g/mol. The Balaban J connectivity index is 1.76. The monoisotopic (exact) mass is 490 g/mol. The number of esters is 3. The van der Waals surface area contributed by atoms with Crippen LogP contribution in [-0.4, -0.2) is 37.2 Å².